The fraction of sp³-hybridized carbons (Fsp3) is 0.500. The predicted molar refractivity (Wildman–Crippen MR) is 88.3 cm³/mol. The van der Waals surface area contributed by atoms with Gasteiger partial charge in [0.05, 0.1) is 6.61 Å². The third-order valence-corrected chi connectivity index (χ3v) is 2.35. The van der Waals surface area contributed by atoms with Gasteiger partial charge in [-0.15, -0.1) is 0 Å². The number of esters is 1. The van der Waals surface area contributed by atoms with Gasteiger partial charge in [-0.2, -0.15) is 0 Å². The first-order valence-corrected chi connectivity index (χ1v) is 7.22. The van der Waals surface area contributed by atoms with E-state index in [2.05, 4.69) is 33.6 Å². The molecule has 0 radical (unpaired) electrons. The minimum atomic E-state index is -0.981. The summed E-state index contributed by atoms with van der Waals surface area (Å²) in [4.78, 5) is 20.0. The van der Waals surface area contributed by atoms with Crippen molar-refractivity contribution in [2.75, 3.05) is 6.61 Å². The Balaban J connectivity index is -0.000000335. The zero-order valence-corrected chi connectivity index (χ0v) is 13.8. The van der Waals surface area contributed by atoms with Gasteiger partial charge >= 0.3 is 11.9 Å². The summed E-state index contributed by atoms with van der Waals surface area (Å²) in [5.41, 5.74) is 1.22. The minimum Gasteiger partial charge on any atom is -0.478 e. The lowest BCUT2D eigenvalue weighted by Gasteiger charge is -2.13. The molecule has 122 valence electrons. The highest BCUT2D eigenvalue weighted by Crippen LogP contribution is 2.12. The number of carboxylic acids is 1. The monoisotopic (exact) mass is 318 g/mol. The molecular weight excluding hydrogens is 292 g/mol. The Labute approximate surface area is 133 Å². The Kier molecular flexibility index (Phi) is 24.2. The van der Waals surface area contributed by atoms with Crippen molar-refractivity contribution in [3.63, 3.8) is 0 Å². The van der Waals surface area contributed by atoms with Gasteiger partial charge in [-0.25, -0.2) is 9.59 Å². The average Bonchev–Trinajstić information content (AvgIpc) is 2.48. The second-order valence-corrected chi connectivity index (χ2v) is 4.26. The smallest absolute Gasteiger partial charge is 0.330 e. The van der Waals surface area contributed by atoms with Crippen LogP contribution in [0.3, 0.4) is 0 Å². The van der Waals surface area contributed by atoms with E-state index < -0.39 is 5.97 Å². The summed E-state index contributed by atoms with van der Waals surface area (Å²) in [6.45, 7) is 14.3. The van der Waals surface area contributed by atoms with Crippen LogP contribution in [-0.4, -0.2) is 23.7 Å². The first kappa shape index (κ1) is 24.5. The molecular formula is C16H27ClO4. The van der Waals surface area contributed by atoms with E-state index in [1.165, 1.54) is 24.5 Å². The summed E-state index contributed by atoms with van der Waals surface area (Å²) in [7, 11) is 0. The molecule has 0 saturated heterocycles. The minimum absolute atomic E-state index is 0.310. The quantitative estimate of drug-likeness (QED) is 0.526. The average molecular weight is 319 g/mol. The maximum atomic E-state index is 10.8. The maximum absolute atomic E-state index is 10.8. The lowest BCUT2D eigenvalue weighted by atomic mass is 10.0. The van der Waals surface area contributed by atoms with Gasteiger partial charge in [-0.05, 0) is 17.9 Å². The van der Waals surface area contributed by atoms with Crippen molar-refractivity contribution in [3.8, 4) is 0 Å². The van der Waals surface area contributed by atoms with Crippen LogP contribution >= 0.6 is 11.6 Å². The van der Waals surface area contributed by atoms with Crippen molar-refractivity contribution in [1.82, 2.24) is 0 Å². The van der Waals surface area contributed by atoms with Crippen LogP contribution in [-0.2, 0) is 14.3 Å². The molecule has 0 aliphatic carbocycles. The number of aliphatic carboxylic acids is 1. The van der Waals surface area contributed by atoms with Crippen LogP contribution in [0.1, 0.15) is 39.5 Å². The Bertz CT molecular complexity index is 301. The Morgan fingerprint density at radius 3 is 2.00 bits per heavy atom. The fourth-order valence-corrected chi connectivity index (χ4v) is 1.16. The van der Waals surface area contributed by atoms with Gasteiger partial charge in [0.1, 0.15) is 0 Å². The van der Waals surface area contributed by atoms with Crippen molar-refractivity contribution in [2.45, 2.75) is 39.5 Å². The van der Waals surface area contributed by atoms with Gasteiger partial charge in [0, 0.05) is 12.2 Å². The van der Waals surface area contributed by atoms with E-state index >= 15 is 0 Å². The molecule has 0 aromatic heterocycles. The molecule has 5 heteroatoms. The molecule has 1 N–H and O–H groups in total. The van der Waals surface area contributed by atoms with E-state index in [1.807, 2.05) is 0 Å². The summed E-state index contributed by atoms with van der Waals surface area (Å²) >= 11 is 4.76. The van der Waals surface area contributed by atoms with Crippen LogP contribution < -0.4 is 0 Å². The zero-order valence-electron chi connectivity index (χ0n) is 13.0. The zero-order chi connectivity index (χ0) is 17.1. The normalized spacial score (nSPS) is 9.67. The van der Waals surface area contributed by atoms with Gasteiger partial charge in [0.15, 0.2) is 0 Å². The standard InChI is InChI=1S/C11H20O2.C3H4O2.C2H3Cl/c1-4-7-8-10(5-2)9-13-11(12)6-3;1-2-3(4)5;1-2-3/h6,10H,3-5,7-9H2,1-2H3;2H,1H2,(H,4,5);2H,1H2. The van der Waals surface area contributed by atoms with E-state index in [0.29, 0.717) is 12.5 Å². The van der Waals surface area contributed by atoms with Gasteiger partial charge < -0.3 is 9.84 Å². The maximum Gasteiger partial charge on any atom is 0.330 e. The second-order valence-electron chi connectivity index (χ2n) is 3.95. The second kappa shape index (κ2) is 20.8. The third kappa shape index (κ3) is 27.6. The molecule has 0 aliphatic heterocycles. The molecule has 0 aromatic carbocycles. The van der Waals surface area contributed by atoms with Crippen molar-refractivity contribution >= 4 is 23.5 Å². The van der Waals surface area contributed by atoms with Gasteiger partial charge in [0.25, 0.3) is 0 Å². The molecule has 0 aromatic rings. The van der Waals surface area contributed by atoms with Crippen molar-refractivity contribution in [1.29, 1.82) is 0 Å². The van der Waals surface area contributed by atoms with E-state index in [4.69, 9.17) is 21.4 Å². The van der Waals surface area contributed by atoms with Crippen LogP contribution in [0.5, 0.6) is 0 Å². The Hall–Kier alpha value is -1.55. The van der Waals surface area contributed by atoms with Crippen LogP contribution in [0.4, 0.5) is 0 Å². The number of hydrogen-bond donors (Lipinski definition) is 1. The first-order valence-electron chi connectivity index (χ1n) is 6.78. The van der Waals surface area contributed by atoms with Crippen LogP contribution in [0.2, 0.25) is 0 Å². The molecule has 0 fully saturated rings. The first-order chi connectivity index (χ1) is 9.92. The van der Waals surface area contributed by atoms with E-state index in [-0.39, 0.29) is 5.97 Å². The van der Waals surface area contributed by atoms with Crippen LogP contribution in [0.25, 0.3) is 0 Å². The lowest BCUT2D eigenvalue weighted by Crippen LogP contribution is -2.12. The van der Waals surface area contributed by atoms with Crippen molar-refractivity contribution < 1.29 is 19.4 Å². The molecule has 0 amide bonds. The third-order valence-electron chi connectivity index (χ3n) is 2.35. The van der Waals surface area contributed by atoms with Crippen molar-refractivity contribution in [2.24, 2.45) is 5.92 Å². The molecule has 21 heavy (non-hydrogen) atoms. The Morgan fingerprint density at radius 2 is 1.71 bits per heavy atom. The number of rotatable bonds is 8. The molecule has 0 aliphatic rings. The summed E-state index contributed by atoms with van der Waals surface area (Å²) in [5.74, 6) is -0.774. The highest BCUT2D eigenvalue weighted by molar-refractivity contribution is 6.25. The number of carbonyl (C=O) groups is 2. The van der Waals surface area contributed by atoms with E-state index in [0.717, 1.165) is 18.9 Å². The predicted octanol–water partition coefficient (Wildman–Crippen LogP) is 4.56. The number of carbonyl (C=O) groups excluding carboxylic acids is 1. The number of unbranched alkanes of at least 4 members (excludes halogenated alkanes) is 1. The molecule has 0 saturated carbocycles. The van der Waals surface area contributed by atoms with Gasteiger partial charge in [-0.3, -0.25) is 0 Å². The van der Waals surface area contributed by atoms with Crippen LogP contribution in [0, 0.1) is 5.92 Å². The molecule has 0 heterocycles. The lowest BCUT2D eigenvalue weighted by molar-refractivity contribution is -0.139. The van der Waals surface area contributed by atoms with Crippen molar-refractivity contribution in [3.05, 3.63) is 37.4 Å². The molecule has 1 atom stereocenters. The summed E-state index contributed by atoms with van der Waals surface area (Å²) < 4.78 is 4.98. The Morgan fingerprint density at radius 1 is 1.24 bits per heavy atom. The number of ether oxygens (including phenoxy) is 1. The highest BCUT2D eigenvalue weighted by atomic mass is 35.5. The molecule has 0 rings (SSSR count). The number of halogens is 1. The topological polar surface area (TPSA) is 63.6 Å². The number of carboxylic acid groups (broad SMARTS) is 1. The molecule has 0 bridgehead atoms. The number of hydrogen-bond acceptors (Lipinski definition) is 3. The fourth-order valence-electron chi connectivity index (χ4n) is 1.16. The molecule has 1 unspecified atom stereocenters. The van der Waals surface area contributed by atoms with Crippen LogP contribution in [0.15, 0.2) is 37.4 Å². The molecule has 0 spiro atoms. The highest BCUT2D eigenvalue weighted by Gasteiger charge is 2.07. The summed E-state index contributed by atoms with van der Waals surface area (Å²) in [6.07, 6.45) is 6.68. The SMILES string of the molecule is C=CC(=O)O.C=CC(=O)OCC(CC)CCCC.C=CCl. The summed E-state index contributed by atoms with van der Waals surface area (Å²) in [5, 5.41) is 7.60. The summed E-state index contributed by atoms with van der Waals surface area (Å²) in [6, 6.07) is 0. The van der Waals surface area contributed by atoms with Gasteiger partial charge in [-0.1, -0.05) is 64.4 Å². The van der Waals surface area contributed by atoms with E-state index in [1.54, 1.807) is 0 Å². The van der Waals surface area contributed by atoms with Gasteiger partial charge in [0.2, 0.25) is 0 Å². The molecule has 4 nitrogen and oxygen atoms in total. The van der Waals surface area contributed by atoms with E-state index in [9.17, 15) is 9.59 Å². The largest absolute Gasteiger partial charge is 0.478 e.